The first-order valence-corrected chi connectivity index (χ1v) is 8.40. The van der Waals surface area contributed by atoms with Crippen LogP contribution < -0.4 is 20.1 Å². The number of nitrogens with zero attached hydrogens (tertiary/aromatic N) is 1. The molecule has 2 aromatic carbocycles. The highest BCUT2D eigenvalue weighted by Gasteiger charge is 2.12. The molecule has 0 fully saturated rings. The zero-order valence-electron chi connectivity index (χ0n) is 15.8. The molecule has 2 rings (SSSR count). The Hall–Kier alpha value is -3.62. The quantitative estimate of drug-likeness (QED) is 0.531. The summed E-state index contributed by atoms with van der Waals surface area (Å²) in [5, 5.41) is 16.0. The molecule has 0 aromatic heterocycles. The van der Waals surface area contributed by atoms with Crippen molar-refractivity contribution in [1.82, 2.24) is 5.32 Å². The molecule has 0 spiro atoms. The molecule has 148 valence electrons. The van der Waals surface area contributed by atoms with Gasteiger partial charge in [0.1, 0.15) is 0 Å². The Morgan fingerprint density at radius 2 is 1.68 bits per heavy atom. The summed E-state index contributed by atoms with van der Waals surface area (Å²) in [7, 11) is 3.04. The molecule has 2 amide bonds. The first-order chi connectivity index (χ1) is 13.3. The number of methoxy groups -OCH3 is 2. The second kappa shape index (κ2) is 9.36. The molecular weight excluding hydrogens is 366 g/mol. The van der Waals surface area contributed by atoms with E-state index in [2.05, 4.69) is 10.6 Å². The van der Waals surface area contributed by atoms with Crippen molar-refractivity contribution in [2.45, 2.75) is 13.3 Å². The summed E-state index contributed by atoms with van der Waals surface area (Å²) in [5.74, 6) is 0.368. The molecule has 0 aliphatic heterocycles. The minimum Gasteiger partial charge on any atom is -0.493 e. The third-order valence-corrected chi connectivity index (χ3v) is 3.98. The van der Waals surface area contributed by atoms with Crippen LogP contribution in [0.1, 0.15) is 22.3 Å². The van der Waals surface area contributed by atoms with E-state index < -0.39 is 10.8 Å². The zero-order chi connectivity index (χ0) is 20.7. The van der Waals surface area contributed by atoms with Gasteiger partial charge in [0.25, 0.3) is 11.6 Å². The first kappa shape index (κ1) is 20.7. The minimum absolute atomic E-state index is 0.0620. The van der Waals surface area contributed by atoms with Crippen LogP contribution in [0, 0.1) is 17.0 Å². The average Bonchev–Trinajstić information content (AvgIpc) is 2.69. The topological polar surface area (TPSA) is 120 Å². The van der Waals surface area contributed by atoms with Crippen molar-refractivity contribution in [3.63, 3.8) is 0 Å². The number of nitro groups is 1. The lowest BCUT2D eigenvalue weighted by atomic mass is 10.1. The maximum Gasteiger partial charge on any atom is 0.269 e. The number of ether oxygens (including phenoxy) is 2. The van der Waals surface area contributed by atoms with E-state index in [1.807, 2.05) is 6.92 Å². The number of hydrogen-bond donors (Lipinski definition) is 2. The van der Waals surface area contributed by atoms with Gasteiger partial charge in [0.15, 0.2) is 11.5 Å². The predicted octanol–water partition coefficient (Wildman–Crippen LogP) is 2.68. The van der Waals surface area contributed by atoms with Crippen molar-refractivity contribution >= 4 is 23.2 Å². The first-order valence-electron chi connectivity index (χ1n) is 8.40. The Balaban J connectivity index is 1.89. The number of aryl methyl sites for hydroxylation is 1. The van der Waals surface area contributed by atoms with Gasteiger partial charge in [-0.05, 0) is 30.7 Å². The predicted molar refractivity (Wildman–Crippen MR) is 103 cm³/mol. The highest BCUT2D eigenvalue weighted by molar-refractivity contribution is 5.95. The molecule has 0 unspecified atom stereocenters. The molecule has 28 heavy (non-hydrogen) atoms. The molecule has 0 radical (unpaired) electrons. The van der Waals surface area contributed by atoms with Crippen molar-refractivity contribution < 1.29 is 24.0 Å². The van der Waals surface area contributed by atoms with E-state index in [0.717, 1.165) is 5.56 Å². The van der Waals surface area contributed by atoms with E-state index in [0.29, 0.717) is 17.2 Å². The van der Waals surface area contributed by atoms with Crippen molar-refractivity contribution in [1.29, 1.82) is 0 Å². The normalized spacial score (nSPS) is 10.1. The molecule has 0 aliphatic rings. The average molecular weight is 387 g/mol. The van der Waals surface area contributed by atoms with Crippen LogP contribution in [-0.2, 0) is 4.79 Å². The Labute approximate surface area is 161 Å². The molecule has 0 heterocycles. The van der Waals surface area contributed by atoms with Gasteiger partial charge in [-0.15, -0.1) is 0 Å². The van der Waals surface area contributed by atoms with Gasteiger partial charge in [-0.2, -0.15) is 0 Å². The second-order valence-electron chi connectivity index (χ2n) is 5.88. The van der Waals surface area contributed by atoms with Crippen LogP contribution >= 0.6 is 0 Å². The summed E-state index contributed by atoms with van der Waals surface area (Å²) in [6.45, 7) is 1.95. The second-order valence-corrected chi connectivity index (χ2v) is 5.88. The van der Waals surface area contributed by atoms with Gasteiger partial charge >= 0.3 is 0 Å². The van der Waals surface area contributed by atoms with Gasteiger partial charge in [0, 0.05) is 42.4 Å². The number of anilines is 1. The maximum absolute atomic E-state index is 12.1. The van der Waals surface area contributed by atoms with E-state index >= 15 is 0 Å². The Morgan fingerprint density at radius 1 is 1.07 bits per heavy atom. The number of non-ortho nitro benzene ring substituents is 1. The lowest BCUT2D eigenvalue weighted by molar-refractivity contribution is -0.384. The minimum atomic E-state index is -0.540. The molecule has 2 aromatic rings. The number of nitro benzene ring substituents is 1. The van der Waals surface area contributed by atoms with Crippen LogP contribution in [0.2, 0.25) is 0 Å². The van der Waals surface area contributed by atoms with Crippen LogP contribution in [0.5, 0.6) is 11.5 Å². The maximum atomic E-state index is 12.1. The van der Waals surface area contributed by atoms with E-state index in [-0.39, 0.29) is 30.1 Å². The molecule has 0 saturated carbocycles. The number of hydrogen-bond acceptors (Lipinski definition) is 6. The Morgan fingerprint density at radius 3 is 2.25 bits per heavy atom. The lowest BCUT2D eigenvalue weighted by Gasteiger charge is -2.13. The van der Waals surface area contributed by atoms with Crippen LogP contribution in [0.15, 0.2) is 36.4 Å². The third kappa shape index (κ3) is 5.19. The summed E-state index contributed by atoms with van der Waals surface area (Å²) < 4.78 is 10.4. The summed E-state index contributed by atoms with van der Waals surface area (Å²) in [6, 6.07) is 8.65. The standard InChI is InChI=1S/C19H21N3O6/c1-12-10-16(27-2)17(28-3)11-15(12)21-18(23)8-9-20-19(24)13-4-6-14(7-5-13)22(25)26/h4-7,10-11H,8-9H2,1-3H3,(H,20,24)(H,21,23). The van der Waals surface area contributed by atoms with Crippen molar-refractivity contribution in [3.05, 3.63) is 57.6 Å². The number of nitrogens with one attached hydrogen (secondary N) is 2. The fourth-order valence-corrected chi connectivity index (χ4v) is 2.45. The van der Waals surface area contributed by atoms with E-state index in [4.69, 9.17) is 9.47 Å². The van der Waals surface area contributed by atoms with Crippen molar-refractivity contribution in [2.24, 2.45) is 0 Å². The van der Waals surface area contributed by atoms with Crippen LogP contribution in [0.4, 0.5) is 11.4 Å². The third-order valence-electron chi connectivity index (χ3n) is 3.98. The zero-order valence-corrected chi connectivity index (χ0v) is 15.8. The van der Waals surface area contributed by atoms with Gasteiger partial charge in [0.05, 0.1) is 19.1 Å². The number of rotatable bonds is 8. The van der Waals surface area contributed by atoms with Crippen LogP contribution in [-0.4, -0.2) is 37.5 Å². The fraction of sp³-hybridized carbons (Fsp3) is 0.263. The molecular formula is C19H21N3O6. The molecule has 0 atom stereocenters. The number of carbonyl (C=O) groups excluding carboxylic acids is 2. The van der Waals surface area contributed by atoms with Gasteiger partial charge in [-0.25, -0.2) is 0 Å². The summed E-state index contributed by atoms with van der Waals surface area (Å²) in [4.78, 5) is 34.3. The van der Waals surface area contributed by atoms with E-state index in [9.17, 15) is 19.7 Å². The van der Waals surface area contributed by atoms with Crippen LogP contribution in [0.25, 0.3) is 0 Å². The van der Waals surface area contributed by atoms with Gasteiger partial charge < -0.3 is 20.1 Å². The smallest absolute Gasteiger partial charge is 0.269 e. The molecule has 9 heteroatoms. The van der Waals surface area contributed by atoms with E-state index in [1.165, 1.54) is 38.5 Å². The van der Waals surface area contributed by atoms with Gasteiger partial charge in [-0.3, -0.25) is 19.7 Å². The Kier molecular flexibility index (Phi) is 6.91. The number of carbonyl (C=O) groups is 2. The summed E-state index contributed by atoms with van der Waals surface area (Å²) >= 11 is 0. The number of benzene rings is 2. The van der Waals surface area contributed by atoms with Crippen molar-refractivity contribution in [2.75, 3.05) is 26.1 Å². The highest BCUT2D eigenvalue weighted by atomic mass is 16.6. The molecule has 9 nitrogen and oxygen atoms in total. The summed E-state index contributed by atoms with van der Waals surface area (Å²) in [5.41, 5.74) is 1.58. The molecule has 0 saturated heterocycles. The van der Waals surface area contributed by atoms with Gasteiger partial charge in [0.2, 0.25) is 5.91 Å². The number of amides is 2. The fourth-order valence-electron chi connectivity index (χ4n) is 2.45. The van der Waals surface area contributed by atoms with Gasteiger partial charge in [-0.1, -0.05) is 0 Å². The van der Waals surface area contributed by atoms with Crippen molar-refractivity contribution in [3.8, 4) is 11.5 Å². The monoisotopic (exact) mass is 387 g/mol. The lowest BCUT2D eigenvalue weighted by Crippen LogP contribution is -2.27. The molecule has 0 aliphatic carbocycles. The summed E-state index contributed by atoms with van der Waals surface area (Å²) in [6.07, 6.45) is 0.0620. The molecule has 0 bridgehead atoms. The van der Waals surface area contributed by atoms with E-state index in [1.54, 1.807) is 12.1 Å². The Bertz CT molecular complexity index is 880. The van der Waals surface area contributed by atoms with Crippen LogP contribution in [0.3, 0.4) is 0 Å². The highest BCUT2D eigenvalue weighted by Crippen LogP contribution is 2.32. The SMILES string of the molecule is COc1cc(C)c(NC(=O)CCNC(=O)c2ccc([N+](=O)[O-])cc2)cc1OC. The largest absolute Gasteiger partial charge is 0.493 e. The molecule has 2 N–H and O–H groups in total.